The van der Waals surface area contributed by atoms with Crippen LogP contribution in [0.15, 0.2) is 36.5 Å². The third-order valence-electron chi connectivity index (χ3n) is 2.33. The Bertz CT molecular complexity index is 448. The minimum absolute atomic E-state index is 0.203. The Labute approximate surface area is 88.6 Å². The van der Waals surface area contributed by atoms with Crippen molar-refractivity contribution in [2.45, 2.75) is 13.3 Å². The summed E-state index contributed by atoms with van der Waals surface area (Å²) in [6.07, 6.45) is 2.48. The van der Waals surface area contributed by atoms with Crippen molar-refractivity contribution in [3.05, 3.63) is 65.2 Å². The van der Waals surface area contributed by atoms with E-state index in [0.717, 1.165) is 23.2 Å². The maximum Gasteiger partial charge on any atom is 0.123 e. The SMILES string of the molecule is Cc1ncc[c]c1Cc1ccc(F)cc1. The second-order valence-electron chi connectivity index (χ2n) is 3.46. The molecule has 2 rings (SSSR count). The molecular weight excluding hydrogens is 189 g/mol. The summed E-state index contributed by atoms with van der Waals surface area (Å²) in [6, 6.07) is 11.5. The Morgan fingerprint density at radius 3 is 2.67 bits per heavy atom. The van der Waals surface area contributed by atoms with Crippen molar-refractivity contribution in [1.82, 2.24) is 4.98 Å². The summed E-state index contributed by atoms with van der Waals surface area (Å²) in [7, 11) is 0. The van der Waals surface area contributed by atoms with E-state index in [1.165, 1.54) is 12.1 Å². The van der Waals surface area contributed by atoms with E-state index in [2.05, 4.69) is 11.1 Å². The van der Waals surface area contributed by atoms with E-state index in [9.17, 15) is 4.39 Å². The van der Waals surface area contributed by atoms with Gasteiger partial charge in [-0.1, -0.05) is 12.1 Å². The first kappa shape index (κ1) is 9.84. The molecule has 15 heavy (non-hydrogen) atoms. The summed E-state index contributed by atoms with van der Waals surface area (Å²) < 4.78 is 12.7. The first-order valence-electron chi connectivity index (χ1n) is 4.82. The summed E-state index contributed by atoms with van der Waals surface area (Å²) in [5.74, 6) is -0.203. The molecule has 0 spiro atoms. The van der Waals surface area contributed by atoms with Gasteiger partial charge >= 0.3 is 0 Å². The minimum Gasteiger partial charge on any atom is -0.261 e. The number of hydrogen-bond donors (Lipinski definition) is 0. The normalized spacial score (nSPS) is 10.3. The third kappa shape index (κ3) is 2.40. The molecule has 0 unspecified atom stereocenters. The third-order valence-corrected chi connectivity index (χ3v) is 2.33. The van der Waals surface area contributed by atoms with Crippen LogP contribution < -0.4 is 0 Å². The quantitative estimate of drug-likeness (QED) is 0.726. The molecule has 0 aliphatic carbocycles. The number of halogens is 1. The van der Waals surface area contributed by atoms with Gasteiger partial charge in [-0.2, -0.15) is 0 Å². The molecule has 0 saturated carbocycles. The molecule has 1 aromatic heterocycles. The first-order valence-corrected chi connectivity index (χ1v) is 4.82. The van der Waals surface area contributed by atoms with Gasteiger partial charge in [0.25, 0.3) is 0 Å². The fourth-order valence-corrected chi connectivity index (χ4v) is 1.45. The average molecular weight is 200 g/mol. The van der Waals surface area contributed by atoms with Crippen LogP contribution in [0.3, 0.4) is 0 Å². The molecule has 0 atom stereocenters. The van der Waals surface area contributed by atoms with Crippen LogP contribution in [0, 0.1) is 18.8 Å². The van der Waals surface area contributed by atoms with Crippen molar-refractivity contribution in [3.8, 4) is 0 Å². The average Bonchev–Trinajstić information content (AvgIpc) is 2.25. The molecule has 1 nitrogen and oxygen atoms in total. The molecular formula is C13H11FN. The monoisotopic (exact) mass is 200 g/mol. The highest BCUT2D eigenvalue weighted by Crippen LogP contribution is 2.11. The van der Waals surface area contributed by atoms with Crippen molar-refractivity contribution in [3.63, 3.8) is 0 Å². The lowest BCUT2D eigenvalue weighted by molar-refractivity contribution is 0.627. The summed E-state index contributed by atoms with van der Waals surface area (Å²) in [5.41, 5.74) is 3.11. The summed E-state index contributed by atoms with van der Waals surface area (Å²) >= 11 is 0. The van der Waals surface area contributed by atoms with E-state index in [1.807, 2.05) is 6.92 Å². The van der Waals surface area contributed by atoms with Gasteiger partial charge in [0.1, 0.15) is 5.82 Å². The van der Waals surface area contributed by atoms with Gasteiger partial charge in [-0.3, -0.25) is 4.98 Å². The molecule has 0 aliphatic heterocycles. The maximum atomic E-state index is 12.7. The van der Waals surface area contributed by atoms with Gasteiger partial charge in [-0.25, -0.2) is 4.39 Å². The van der Waals surface area contributed by atoms with Crippen LogP contribution in [0.2, 0.25) is 0 Å². The van der Waals surface area contributed by atoms with Crippen molar-refractivity contribution < 1.29 is 4.39 Å². The molecule has 0 amide bonds. The van der Waals surface area contributed by atoms with Gasteiger partial charge in [0.05, 0.1) is 0 Å². The zero-order valence-electron chi connectivity index (χ0n) is 8.50. The standard InChI is InChI=1S/C13H11FN/c1-10-12(3-2-8-15-10)9-11-4-6-13(14)7-5-11/h2,4-8H,9H2,1H3. The summed E-state index contributed by atoms with van der Waals surface area (Å²) in [5, 5.41) is 0. The number of pyridine rings is 1. The van der Waals surface area contributed by atoms with Crippen LogP contribution in [-0.2, 0) is 6.42 Å². The van der Waals surface area contributed by atoms with Gasteiger partial charge in [0, 0.05) is 11.9 Å². The molecule has 75 valence electrons. The molecule has 1 heterocycles. The lowest BCUT2D eigenvalue weighted by atomic mass is 10.0. The van der Waals surface area contributed by atoms with Gasteiger partial charge in [0.15, 0.2) is 0 Å². The number of benzene rings is 1. The maximum absolute atomic E-state index is 12.7. The zero-order chi connectivity index (χ0) is 10.7. The van der Waals surface area contributed by atoms with Crippen LogP contribution in [-0.4, -0.2) is 4.98 Å². The lowest BCUT2D eigenvalue weighted by Gasteiger charge is -2.03. The molecule has 0 saturated heterocycles. The van der Waals surface area contributed by atoms with E-state index in [0.29, 0.717) is 0 Å². The predicted molar refractivity (Wildman–Crippen MR) is 57.0 cm³/mol. The Morgan fingerprint density at radius 2 is 2.00 bits per heavy atom. The van der Waals surface area contributed by atoms with Gasteiger partial charge in [0.2, 0.25) is 0 Å². The second-order valence-corrected chi connectivity index (χ2v) is 3.46. The van der Waals surface area contributed by atoms with Crippen LogP contribution in [0.4, 0.5) is 4.39 Å². The van der Waals surface area contributed by atoms with E-state index >= 15 is 0 Å². The molecule has 1 aromatic carbocycles. The van der Waals surface area contributed by atoms with E-state index in [4.69, 9.17) is 0 Å². The molecule has 2 heteroatoms. The van der Waals surface area contributed by atoms with E-state index in [-0.39, 0.29) is 5.82 Å². The Balaban J connectivity index is 2.22. The first-order chi connectivity index (χ1) is 7.25. The zero-order valence-corrected chi connectivity index (χ0v) is 8.50. The van der Waals surface area contributed by atoms with Crippen molar-refractivity contribution in [1.29, 1.82) is 0 Å². The smallest absolute Gasteiger partial charge is 0.123 e. The minimum atomic E-state index is -0.203. The summed E-state index contributed by atoms with van der Waals surface area (Å²) in [6.45, 7) is 1.95. The van der Waals surface area contributed by atoms with Crippen LogP contribution in [0.1, 0.15) is 16.8 Å². The highest BCUT2D eigenvalue weighted by atomic mass is 19.1. The predicted octanol–water partition coefficient (Wildman–Crippen LogP) is 2.92. The van der Waals surface area contributed by atoms with Crippen LogP contribution in [0.5, 0.6) is 0 Å². The molecule has 1 radical (unpaired) electrons. The van der Waals surface area contributed by atoms with Crippen molar-refractivity contribution >= 4 is 0 Å². The Morgan fingerprint density at radius 1 is 1.27 bits per heavy atom. The molecule has 0 fully saturated rings. The number of aryl methyl sites for hydroxylation is 1. The molecule has 0 aliphatic rings. The lowest BCUT2D eigenvalue weighted by Crippen LogP contribution is -1.94. The van der Waals surface area contributed by atoms with Gasteiger partial charge in [-0.05, 0) is 48.7 Å². The number of hydrogen-bond acceptors (Lipinski definition) is 1. The van der Waals surface area contributed by atoms with Crippen molar-refractivity contribution in [2.75, 3.05) is 0 Å². The van der Waals surface area contributed by atoms with E-state index in [1.54, 1.807) is 24.4 Å². The highest BCUT2D eigenvalue weighted by molar-refractivity contribution is 5.27. The van der Waals surface area contributed by atoms with Gasteiger partial charge < -0.3 is 0 Å². The Kier molecular flexibility index (Phi) is 2.77. The molecule has 0 bridgehead atoms. The van der Waals surface area contributed by atoms with E-state index < -0.39 is 0 Å². The Hall–Kier alpha value is -1.70. The van der Waals surface area contributed by atoms with Crippen molar-refractivity contribution in [2.24, 2.45) is 0 Å². The van der Waals surface area contributed by atoms with Gasteiger partial charge in [-0.15, -0.1) is 0 Å². The highest BCUT2D eigenvalue weighted by Gasteiger charge is 2.00. The number of aromatic nitrogens is 1. The van der Waals surface area contributed by atoms with Crippen LogP contribution >= 0.6 is 0 Å². The fraction of sp³-hybridized carbons (Fsp3) is 0.154. The fourth-order valence-electron chi connectivity index (χ4n) is 1.45. The molecule has 0 N–H and O–H groups in total. The topological polar surface area (TPSA) is 12.9 Å². The molecule has 2 aromatic rings. The van der Waals surface area contributed by atoms with Crippen LogP contribution in [0.25, 0.3) is 0 Å². The second kappa shape index (κ2) is 4.22. The summed E-state index contributed by atoms with van der Waals surface area (Å²) in [4.78, 5) is 4.19. The number of nitrogens with zero attached hydrogens (tertiary/aromatic N) is 1. The number of rotatable bonds is 2. The largest absolute Gasteiger partial charge is 0.261 e.